The Morgan fingerprint density at radius 2 is 1.76 bits per heavy atom. The summed E-state index contributed by atoms with van der Waals surface area (Å²) in [5.41, 5.74) is 6.49. The van der Waals surface area contributed by atoms with Crippen molar-refractivity contribution in [1.29, 1.82) is 0 Å². The van der Waals surface area contributed by atoms with Crippen LogP contribution in [-0.2, 0) is 11.2 Å². The molecule has 192 valence electrons. The number of aromatic nitrogens is 1. The van der Waals surface area contributed by atoms with Crippen LogP contribution >= 0.6 is 23.2 Å². The molecule has 5 rings (SSSR count). The van der Waals surface area contributed by atoms with Crippen molar-refractivity contribution >= 4 is 40.1 Å². The summed E-state index contributed by atoms with van der Waals surface area (Å²) in [6, 6.07) is 22.2. The van der Waals surface area contributed by atoms with Crippen LogP contribution in [0.15, 0.2) is 66.7 Å². The average molecular weight is 535 g/mol. The fourth-order valence-electron chi connectivity index (χ4n) is 5.59. The lowest BCUT2D eigenvalue weighted by Gasteiger charge is -2.22. The van der Waals surface area contributed by atoms with Crippen LogP contribution in [0.4, 0.5) is 0 Å². The molecule has 3 nitrogen and oxygen atoms in total. The lowest BCUT2D eigenvalue weighted by Crippen LogP contribution is -2.13. The molecule has 0 spiro atoms. The molecular formula is C32H33Cl2NO2. The van der Waals surface area contributed by atoms with Crippen LogP contribution in [0.25, 0.3) is 10.9 Å². The van der Waals surface area contributed by atoms with E-state index in [0.29, 0.717) is 29.0 Å². The Labute approximate surface area is 229 Å². The number of halogens is 2. The number of nitrogens with one attached hydrogen (secondary N) is 1. The molecule has 0 amide bonds. The molecule has 0 saturated carbocycles. The van der Waals surface area contributed by atoms with Gasteiger partial charge in [0, 0.05) is 39.0 Å². The quantitative estimate of drug-likeness (QED) is 0.146. The number of esters is 1. The maximum atomic E-state index is 12.6. The monoisotopic (exact) mass is 533 g/mol. The number of benzene rings is 3. The van der Waals surface area contributed by atoms with Gasteiger partial charge in [0.25, 0.3) is 0 Å². The van der Waals surface area contributed by atoms with Crippen molar-refractivity contribution < 1.29 is 9.53 Å². The minimum atomic E-state index is -0.197. The Balaban J connectivity index is 1.38. The van der Waals surface area contributed by atoms with E-state index in [4.69, 9.17) is 27.9 Å². The summed E-state index contributed by atoms with van der Waals surface area (Å²) in [5.74, 6) is 1.54. The Hall–Kier alpha value is -2.75. The van der Waals surface area contributed by atoms with Crippen molar-refractivity contribution in [3.8, 4) is 5.75 Å². The molecule has 37 heavy (non-hydrogen) atoms. The minimum absolute atomic E-state index is 0.197. The molecule has 0 aliphatic heterocycles. The third kappa shape index (κ3) is 5.89. The highest BCUT2D eigenvalue weighted by molar-refractivity contribution is 6.31. The fourth-order valence-corrected chi connectivity index (χ4v) is 5.89. The summed E-state index contributed by atoms with van der Waals surface area (Å²) in [7, 11) is 0. The maximum Gasteiger partial charge on any atom is 0.311 e. The minimum Gasteiger partial charge on any atom is -0.427 e. The Kier molecular flexibility index (Phi) is 7.92. The summed E-state index contributed by atoms with van der Waals surface area (Å²) < 4.78 is 5.55. The van der Waals surface area contributed by atoms with Gasteiger partial charge in [0.05, 0.1) is 0 Å². The summed E-state index contributed by atoms with van der Waals surface area (Å²) in [6.07, 6.45) is 5.31. The summed E-state index contributed by atoms with van der Waals surface area (Å²) in [5, 5.41) is 2.60. The molecule has 1 aliphatic rings. The van der Waals surface area contributed by atoms with Gasteiger partial charge in [-0.25, -0.2) is 0 Å². The summed E-state index contributed by atoms with van der Waals surface area (Å²) in [6.45, 7) is 4.51. The predicted octanol–water partition coefficient (Wildman–Crippen LogP) is 9.46. The zero-order chi connectivity index (χ0) is 25.9. The van der Waals surface area contributed by atoms with Gasteiger partial charge in [0.15, 0.2) is 0 Å². The van der Waals surface area contributed by atoms with Crippen LogP contribution in [-0.4, -0.2) is 11.0 Å². The van der Waals surface area contributed by atoms with E-state index in [2.05, 4.69) is 55.2 Å². The molecule has 1 heterocycles. The highest BCUT2D eigenvalue weighted by atomic mass is 35.5. The molecule has 1 aromatic heterocycles. The van der Waals surface area contributed by atoms with Gasteiger partial charge in [0.1, 0.15) is 5.75 Å². The number of carbonyl (C=O) groups excluding carboxylic acids is 1. The highest BCUT2D eigenvalue weighted by Gasteiger charge is 2.29. The van der Waals surface area contributed by atoms with Crippen LogP contribution in [0.5, 0.6) is 5.75 Å². The van der Waals surface area contributed by atoms with Gasteiger partial charge < -0.3 is 9.72 Å². The molecular weight excluding hydrogens is 501 g/mol. The van der Waals surface area contributed by atoms with Crippen LogP contribution in [0.2, 0.25) is 10.0 Å². The van der Waals surface area contributed by atoms with Crippen molar-refractivity contribution in [2.75, 3.05) is 0 Å². The third-order valence-electron chi connectivity index (χ3n) is 7.94. The van der Waals surface area contributed by atoms with Crippen LogP contribution in [0.1, 0.15) is 80.2 Å². The number of carbonyl (C=O) groups is 1. The molecule has 1 aliphatic carbocycles. The van der Waals surface area contributed by atoms with E-state index in [1.54, 1.807) is 24.3 Å². The zero-order valence-corrected chi connectivity index (χ0v) is 22.9. The highest BCUT2D eigenvalue weighted by Crippen LogP contribution is 2.42. The molecule has 0 radical (unpaired) electrons. The topological polar surface area (TPSA) is 42.1 Å². The first-order valence-electron chi connectivity index (χ1n) is 13.3. The summed E-state index contributed by atoms with van der Waals surface area (Å²) >= 11 is 12.3. The largest absolute Gasteiger partial charge is 0.427 e. The normalized spacial score (nSPS) is 18.3. The second kappa shape index (κ2) is 11.3. The molecule has 5 heteroatoms. The van der Waals surface area contributed by atoms with E-state index in [-0.39, 0.29) is 11.9 Å². The van der Waals surface area contributed by atoms with E-state index < -0.39 is 0 Å². The smallest absolute Gasteiger partial charge is 0.311 e. The van der Waals surface area contributed by atoms with Crippen molar-refractivity contribution in [3.05, 3.63) is 99.2 Å². The number of aryl methyl sites for hydroxylation is 1. The van der Waals surface area contributed by atoms with Gasteiger partial charge in [-0.1, -0.05) is 61.3 Å². The Bertz CT molecular complexity index is 1370. The van der Waals surface area contributed by atoms with E-state index in [1.807, 2.05) is 6.07 Å². The van der Waals surface area contributed by atoms with Gasteiger partial charge in [-0.05, 0) is 103 Å². The SMILES string of the molecule is CCC(C)c1ccc(C2CC(CCC(=O)Oc3ccc(Cl)cc3)CCc3c2[nH]c2ccc(Cl)cc32)cc1. The number of hydrogen-bond acceptors (Lipinski definition) is 2. The zero-order valence-electron chi connectivity index (χ0n) is 21.4. The average Bonchev–Trinajstić information content (AvgIpc) is 3.15. The number of H-pyrrole nitrogens is 1. The summed E-state index contributed by atoms with van der Waals surface area (Å²) in [4.78, 5) is 16.4. The van der Waals surface area contributed by atoms with E-state index in [9.17, 15) is 4.79 Å². The number of aromatic amines is 1. The van der Waals surface area contributed by atoms with Gasteiger partial charge >= 0.3 is 5.97 Å². The first kappa shape index (κ1) is 25.9. The maximum absolute atomic E-state index is 12.6. The van der Waals surface area contributed by atoms with Crippen LogP contribution in [0, 0.1) is 5.92 Å². The van der Waals surface area contributed by atoms with Gasteiger partial charge in [-0.3, -0.25) is 4.79 Å². The van der Waals surface area contributed by atoms with E-state index in [0.717, 1.165) is 42.6 Å². The molecule has 3 aromatic carbocycles. The Morgan fingerprint density at radius 3 is 2.49 bits per heavy atom. The third-order valence-corrected chi connectivity index (χ3v) is 8.43. The van der Waals surface area contributed by atoms with Gasteiger partial charge in [-0.2, -0.15) is 0 Å². The number of rotatable bonds is 7. The molecule has 0 bridgehead atoms. The first-order valence-corrected chi connectivity index (χ1v) is 14.0. The van der Waals surface area contributed by atoms with Crippen LogP contribution in [0.3, 0.4) is 0 Å². The van der Waals surface area contributed by atoms with Crippen molar-refractivity contribution in [2.24, 2.45) is 5.92 Å². The number of fused-ring (bicyclic) bond motifs is 3. The molecule has 4 aromatic rings. The van der Waals surface area contributed by atoms with Crippen molar-refractivity contribution in [1.82, 2.24) is 4.98 Å². The van der Waals surface area contributed by atoms with Gasteiger partial charge in [0.2, 0.25) is 0 Å². The van der Waals surface area contributed by atoms with Crippen molar-refractivity contribution in [2.45, 2.75) is 64.2 Å². The second-order valence-electron chi connectivity index (χ2n) is 10.3. The van der Waals surface area contributed by atoms with Crippen LogP contribution < -0.4 is 4.74 Å². The molecule has 3 atom stereocenters. The fraction of sp³-hybridized carbons (Fsp3) is 0.344. The molecule has 3 unspecified atom stereocenters. The Morgan fingerprint density at radius 1 is 1.03 bits per heavy atom. The first-order chi connectivity index (χ1) is 17.9. The van der Waals surface area contributed by atoms with E-state index >= 15 is 0 Å². The lowest BCUT2D eigenvalue weighted by atomic mass is 9.84. The number of hydrogen-bond donors (Lipinski definition) is 1. The molecule has 0 saturated heterocycles. The lowest BCUT2D eigenvalue weighted by molar-refractivity contribution is -0.134. The molecule has 1 N–H and O–H groups in total. The molecule has 0 fully saturated rings. The standard InChI is InChI=1S/C32H33Cl2NO2/c1-3-20(2)22-6-8-23(9-7-22)28-18-21(5-17-31(36)37-26-13-10-24(33)11-14-26)4-15-27-29-19-25(34)12-16-30(29)35-32(27)28/h6-14,16,19-21,28,35H,3-5,15,17-18H2,1-2H3. The predicted molar refractivity (Wildman–Crippen MR) is 153 cm³/mol. The number of ether oxygens (including phenoxy) is 1. The van der Waals surface area contributed by atoms with E-state index in [1.165, 1.54) is 27.8 Å². The van der Waals surface area contributed by atoms with Gasteiger partial charge in [-0.15, -0.1) is 0 Å². The second-order valence-corrected chi connectivity index (χ2v) is 11.2. The van der Waals surface area contributed by atoms with Crippen molar-refractivity contribution in [3.63, 3.8) is 0 Å².